The van der Waals surface area contributed by atoms with Gasteiger partial charge < -0.3 is 19.1 Å². The standard InChI is InChI=1S/C15H15NO5/c1-2-19-15(17)4-3-6-20-14-9-13-11(5-7-21-13)8-12(14)10-16-18/h3-5,7-10,18H,2,6H2,1H3/b4-3?,16-10+. The molecule has 21 heavy (non-hydrogen) atoms. The molecule has 1 N–H and O–H groups in total. The molecule has 0 bridgehead atoms. The molecule has 110 valence electrons. The van der Waals surface area contributed by atoms with E-state index in [1.807, 2.05) is 0 Å². The molecular weight excluding hydrogens is 274 g/mol. The molecule has 0 radical (unpaired) electrons. The van der Waals surface area contributed by atoms with Gasteiger partial charge in [-0.15, -0.1) is 0 Å². The van der Waals surface area contributed by atoms with E-state index in [1.54, 1.807) is 37.5 Å². The lowest BCUT2D eigenvalue weighted by Crippen LogP contribution is -2.01. The van der Waals surface area contributed by atoms with Crippen molar-refractivity contribution in [2.45, 2.75) is 6.92 Å². The molecule has 6 nitrogen and oxygen atoms in total. The Labute approximate surface area is 121 Å². The van der Waals surface area contributed by atoms with Gasteiger partial charge >= 0.3 is 5.97 Å². The maximum absolute atomic E-state index is 11.1. The van der Waals surface area contributed by atoms with Crippen molar-refractivity contribution in [2.24, 2.45) is 5.16 Å². The second kappa shape index (κ2) is 7.14. The first-order valence-corrected chi connectivity index (χ1v) is 6.39. The number of fused-ring (bicyclic) bond motifs is 1. The smallest absolute Gasteiger partial charge is 0.330 e. The van der Waals surface area contributed by atoms with Gasteiger partial charge in [-0.2, -0.15) is 0 Å². The van der Waals surface area contributed by atoms with Gasteiger partial charge in [-0.25, -0.2) is 4.79 Å². The fraction of sp³-hybridized carbons (Fsp3) is 0.200. The fourth-order valence-corrected chi connectivity index (χ4v) is 1.77. The summed E-state index contributed by atoms with van der Waals surface area (Å²) >= 11 is 0. The zero-order valence-electron chi connectivity index (χ0n) is 11.5. The highest BCUT2D eigenvalue weighted by molar-refractivity contribution is 5.91. The molecule has 0 saturated carbocycles. The lowest BCUT2D eigenvalue weighted by molar-refractivity contribution is -0.137. The van der Waals surface area contributed by atoms with Crippen molar-refractivity contribution >= 4 is 23.2 Å². The first-order valence-electron chi connectivity index (χ1n) is 6.39. The molecule has 0 aliphatic rings. The van der Waals surface area contributed by atoms with Crippen LogP contribution in [0.15, 0.2) is 46.2 Å². The first-order chi connectivity index (χ1) is 10.2. The van der Waals surface area contributed by atoms with E-state index in [0.717, 1.165) is 5.39 Å². The molecule has 2 rings (SSSR count). The monoisotopic (exact) mass is 289 g/mol. The molecule has 0 saturated heterocycles. The Morgan fingerprint density at radius 1 is 1.48 bits per heavy atom. The molecule has 0 amide bonds. The molecule has 2 aromatic rings. The zero-order chi connectivity index (χ0) is 15.1. The SMILES string of the molecule is CCOC(=O)C=CCOc1cc2occc2cc1/C=N/O. The molecule has 1 aromatic carbocycles. The van der Waals surface area contributed by atoms with Crippen molar-refractivity contribution in [1.29, 1.82) is 0 Å². The van der Waals surface area contributed by atoms with E-state index >= 15 is 0 Å². The minimum atomic E-state index is -0.417. The largest absolute Gasteiger partial charge is 0.489 e. The molecule has 0 fully saturated rings. The Morgan fingerprint density at radius 3 is 3.10 bits per heavy atom. The van der Waals surface area contributed by atoms with E-state index in [0.29, 0.717) is 23.5 Å². The summed E-state index contributed by atoms with van der Waals surface area (Å²) in [6.07, 6.45) is 5.69. The van der Waals surface area contributed by atoms with Gasteiger partial charge in [0.05, 0.1) is 19.1 Å². The number of esters is 1. The zero-order valence-corrected chi connectivity index (χ0v) is 11.5. The summed E-state index contributed by atoms with van der Waals surface area (Å²) in [6.45, 7) is 2.24. The lowest BCUT2D eigenvalue weighted by Gasteiger charge is -2.06. The maximum Gasteiger partial charge on any atom is 0.330 e. The third kappa shape index (κ3) is 3.85. The first kappa shape index (κ1) is 14.6. The second-order valence-corrected chi connectivity index (χ2v) is 4.06. The summed E-state index contributed by atoms with van der Waals surface area (Å²) < 4.78 is 15.6. The van der Waals surface area contributed by atoms with Gasteiger partial charge in [0, 0.05) is 23.1 Å². The fourth-order valence-electron chi connectivity index (χ4n) is 1.77. The topological polar surface area (TPSA) is 81.3 Å². The molecule has 0 spiro atoms. The van der Waals surface area contributed by atoms with Crippen molar-refractivity contribution in [3.63, 3.8) is 0 Å². The summed E-state index contributed by atoms with van der Waals surface area (Å²) in [6, 6.07) is 5.28. The van der Waals surface area contributed by atoms with Crippen LogP contribution < -0.4 is 4.74 Å². The molecule has 1 heterocycles. The quantitative estimate of drug-likeness (QED) is 0.291. The molecule has 1 aromatic heterocycles. The van der Waals surface area contributed by atoms with Crippen LogP contribution in [0.25, 0.3) is 11.0 Å². The van der Waals surface area contributed by atoms with Gasteiger partial charge in [-0.1, -0.05) is 5.16 Å². The van der Waals surface area contributed by atoms with E-state index in [1.165, 1.54) is 12.3 Å². The summed E-state index contributed by atoms with van der Waals surface area (Å²) in [5.74, 6) is 0.0727. The molecule has 0 aliphatic heterocycles. The van der Waals surface area contributed by atoms with E-state index in [-0.39, 0.29) is 6.61 Å². The van der Waals surface area contributed by atoms with Gasteiger partial charge in [0.1, 0.15) is 17.9 Å². The van der Waals surface area contributed by atoms with Gasteiger partial charge in [0.25, 0.3) is 0 Å². The lowest BCUT2D eigenvalue weighted by atomic mass is 10.1. The Balaban J connectivity index is 2.09. The Hall–Kier alpha value is -2.76. The summed E-state index contributed by atoms with van der Waals surface area (Å²) in [7, 11) is 0. The number of benzene rings is 1. The van der Waals surface area contributed by atoms with Crippen molar-refractivity contribution < 1.29 is 23.9 Å². The van der Waals surface area contributed by atoms with Gasteiger partial charge in [-0.05, 0) is 25.1 Å². The predicted octanol–water partition coefficient (Wildman–Crippen LogP) is 2.74. The van der Waals surface area contributed by atoms with Crippen LogP contribution in [0, 0.1) is 0 Å². The minimum Gasteiger partial charge on any atom is -0.489 e. The third-order valence-corrected chi connectivity index (χ3v) is 2.66. The molecule has 0 atom stereocenters. The Kier molecular flexibility index (Phi) is 4.98. The third-order valence-electron chi connectivity index (χ3n) is 2.66. The average molecular weight is 289 g/mol. The number of oxime groups is 1. The van der Waals surface area contributed by atoms with Crippen LogP contribution in [0.5, 0.6) is 5.75 Å². The van der Waals surface area contributed by atoms with Crippen LogP contribution >= 0.6 is 0 Å². The van der Waals surface area contributed by atoms with Gasteiger partial charge in [0.15, 0.2) is 0 Å². The number of furan rings is 1. The molecular formula is C15H15NO5. The second-order valence-electron chi connectivity index (χ2n) is 4.06. The highest BCUT2D eigenvalue weighted by Crippen LogP contribution is 2.25. The predicted molar refractivity (Wildman–Crippen MR) is 76.9 cm³/mol. The van der Waals surface area contributed by atoms with Crippen molar-refractivity contribution in [2.75, 3.05) is 13.2 Å². The number of hydrogen-bond acceptors (Lipinski definition) is 6. The molecule has 6 heteroatoms. The molecule has 0 unspecified atom stereocenters. The van der Waals surface area contributed by atoms with Crippen molar-refractivity contribution in [1.82, 2.24) is 0 Å². The number of nitrogens with zero attached hydrogens (tertiary/aromatic N) is 1. The summed E-state index contributed by atoms with van der Waals surface area (Å²) in [4.78, 5) is 11.1. The summed E-state index contributed by atoms with van der Waals surface area (Å²) in [5, 5.41) is 12.6. The van der Waals surface area contributed by atoms with Crippen LogP contribution in [-0.2, 0) is 9.53 Å². The van der Waals surface area contributed by atoms with Crippen LogP contribution in [0.3, 0.4) is 0 Å². The van der Waals surface area contributed by atoms with E-state index < -0.39 is 5.97 Å². The average Bonchev–Trinajstić information content (AvgIpc) is 2.91. The van der Waals surface area contributed by atoms with Crippen LogP contribution in [0.4, 0.5) is 0 Å². The highest BCUT2D eigenvalue weighted by atomic mass is 16.5. The minimum absolute atomic E-state index is 0.178. The highest BCUT2D eigenvalue weighted by Gasteiger charge is 2.07. The Bertz CT molecular complexity index is 672. The normalized spacial score (nSPS) is 11.5. The number of carbonyl (C=O) groups excluding carboxylic acids is 1. The van der Waals surface area contributed by atoms with Gasteiger partial charge in [-0.3, -0.25) is 0 Å². The number of hydrogen-bond donors (Lipinski definition) is 1. The van der Waals surface area contributed by atoms with Crippen molar-refractivity contribution in [3.05, 3.63) is 42.2 Å². The van der Waals surface area contributed by atoms with E-state index in [2.05, 4.69) is 5.16 Å². The number of carbonyl (C=O) groups is 1. The maximum atomic E-state index is 11.1. The summed E-state index contributed by atoms with van der Waals surface area (Å²) in [5.41, 5.74) is 1.27. The van der Waals surface area contributed by atoms with Gasteiger partial charge in [0.2, 0.25) is 0 Å². The number of rotatable bonds is 6. The van der Waals surface area contributed by atoms with Crippen LogP contribution in [0.1, 0.15) is 12.5 Å². The van der Waals surface area contributed by atoms with Crippen LogP contribution in [-0.4, -0.2) is 30.6 Å². The molecule has 0 aliphatic carbocycles. The van der Waals surface area contributed by atoms with E-state index in [4.69, 9.17) is 19.1 Å². The van der Waals surface area contributed by atoms with Crippen molar-refractivity contribution in [3.8, 4) is 5.75 Å². The van der Waals surface area contributed by atoms with E-state index in [9.17, 15) is 4.79 Å². The Morgan fingerprint density at radius 2 is 2.33 bits per heavy atom. The van der Waals surface area contributed by atoms with Crippen LogP contribution in [0.2, 0.25) is 0 Å². The number of ether oxygens (including phenoxy) is 2.